The number of carbonyl (C=O) groups is 4. The minimum Gasteiger partial charge on any atom is -0.480 e. The maximum atomic E-state index is 12.4. The summed E-state index contributed by atoms with van der Waals surface area (Å²) in [6.45, 7) is 11.1. The van der Waals surface area contributed by atoms with E-state index in [9.17, 15) is 24.3 Å². The third-order valence-corrected chi connectivity index (χ3v) is 5.62. The van der Waals surface area contributed by atoms with Crippen LogP contribution in [0.25, 0.3) is 0 Å². The summed E-state index contributed by atoms with van der Waals surface area (Å²) in [6, 6.07) is 2.80. The van der Waals surface area contributed by atoms with Gasteiger partial charge in [0.15, 0.2) is 11.5 Å². The van der Waals surface area contributed by atoms with Crippen molar-refractivity contribution in [3.05, 3.63) is 23.8 Å². The Balaban J connectivity index is 3.30. The maximum Gasteiger partial charge on any atom is 0.513 e. The van der Waals surface area contributed by atoms with E-state index in [0.29, 0.717) is 18.4 Å². The average Bonchev–Trinajstić information content (AvgIpc) is 2.84. The van der Waals surface area contributed by atoms with Crippen LogP contribution in [0.4, 0.5) is 9.59 Å². The zero-order valence-corrected chi connectivity index (χ0v) is 22.4. The second-order valence-corrected chi connectivity index (χ2v) is 9.09. The Labute approximate surface area is 217 Å². The molecule has 3 N–H and O–H groups in total. The lowest BCUT2D eigenvalue weighted by Crippen LogP contribution is -2.38. The summed E-state index contributed by atoms with van der Waals surface area (Å²) < 4.78 is 25.8. The lowest BCUT2D eigenvalue weighted by molar-refractivity contribution is -0.154. The van der Waals surface area contributed by atoms with E-state index in [-0.39, 0.29) is 43.0 Å². The molecular formula is C26H39NO10. The Morgan fingerprint density at radius 2 is 1.43 bits per heavy atom. The number of carbonyl (C=O) groups excluding carboxylic acids is 3. The molecule has 0 amide bonds. The Morgan fingerprint density at radius 3 is 1.92 bits per heavy atom. The molecule has 0 saturated carbocycles. The van der Waals surface area contributed by atoms with Gasteiger partial charge in [0.25, 0.3) is 0 Å². The summed E-state index contributed by atoms with van der Waals surface area (Å²) in [4.78, 5) is 48.3. The van der Waals surface area contributed by atoms with Crippen LogP contribution in [0.3, 0.4) is 0 Å². The Kier molecular flexibility index (Phi) is 13.4. The van der Waals surface area contributed by atoms with E-state index in [2.05, 4.69) is 0 Å². The van der Waals surface area contributed by atoms with Gasteiger partial charge in [-0.1, -0.05) is 40.7 Å². The van der Waals surface area contributed by atoms with Gasteiger partial charge in [0.2, 0.25) is 0 Å². The summed E-state index contributed by atoms with van der Waals surface area (Å²) in [7, 11) is 0. The second-order valence-electron chi connectivity index (χ2n) is 9.09. The van der Waals surface area contributed by atoms with Gasteiger partial charge < -0.3 is 34.5 Å². The number of aliphatic carboxylic acids is 1. The zero-order chi connectivity index (χ0) is 28.1. The predicted octanol–water partition coefficient (Wildman–Crippen LogP) is 4.65. The van der Waals surface area contributed by atoms with Gasteiger partial charge in [0.1, 0.15) is 6.04 Å². The summed E-state index contributed by atoms with van der Waals surface area (Å²) in [5.74, 6) is -3.11. The van der Waals surface area contributed by atoms with Crippen LogP contribution in [0, 0.1) is 11.8 Å². The normalized spacial score (nSPS) is 14.2. The molecule has 0 aliphatic rings. The SMILES string of the molecule is CCCOC(=O)Oc1ccc(C(CC(C)OC(=O)C(C)C(C)C)[C@H](N)C(=O)O)cc1OC(=O)OCCC. The van der Waals surface area contributed by atoms with Gasteiger partial charge in [-0.15, -0.1) is 0 Å². The maximum absolute atomic E-state index is 12.4. The number of ether oxygens (including phenoxy) is 5. The highest BCUT2D eigenvalue weighted by Crippen LogP contribution is 2.35. The molecule has 37 heavy (non-hydrogen) atoms. The molecule has 4 atom stereocenters. The van der Waals surface area contributed by atoms with E-state index in [1.165, 1.54) is 18.2 Å². The molecule has 11 nitrogen and oxygen atoms in total. The van der Waals surface area contributed by atoms with Crippen LogP contribution in [0.5, 0.6) is 11.5 Å². The monoisotopic (exact) mass is 525 g/mol. The third-order valence-electron chi connectivity index (χ3n) is 5.62. The highest BCUT2D eigenvalue weighted by atomic mass is 16.7. The van der Waals surface area contributed by atoms with E-state index in [0.717, 1.165) is 0 Å². The minimum atomic E-state index is -1.37. The summed E-state index contributed by atoms with van der Waals surface area (Å²) >= 11 is 0. The van der Waals surface area contributed by atoms with Crippen LogP contribution in [-0.2, 0) is 23.8 Å². The van der Waals surface area contributed by atoms with Crippen molar-refractivity contribution >= 4 is 24.2 Å². The second kappa shape index (κ2) is 15.7. The third kappa shape index (κ3) is 10.7. The first kappa shape index (κ1) is 31.7. The number of carboxylic acids is 1. The molecule has 0 aliphatic carbocycles. The largest absolute Gasteiger partial charge is 0.513 e. The standard InChI is InChI=1S/C26H39NO10/c1-7-11-33-25(31)36-20-10-9-18(14-21(20)37-26(32)34-12-8-2)19(22(27)23(28)29)13-16(5)35-24(30)17(6)15(3)4/h9-10,14-17,19,22H,7-8,11-13,27H2,1-6H3,(H,28,29)/t16?,17?,19?,22-/m0/s1. The fourth-order valence-corrected chi connectivity index (χ4v) is 3.17. The number of hydrogen-bond donors (Lipinski definition) is 2. The summed E-state index contributed by atoms with van der Waals surface area (Å²) in [5, 5.41) is 9.61. The molecule has 0 radical (unpaired) electrons. The lowest BCUT2D eigenvalue weighted by atomic mass is 9.87. The quantitative estimate of drug-likeness (QED) is 0.198. The van der Waals surface area contributed by atoms with Gasteiger partial charge in [-0.25, -0.2) is 9.59 Å². The highest BCUT2D eigenvalue weighted by Gasteiger charge is 2.31. The first-order valence-electron chi connectivity index (χ1n) is 12.4. The molecule has 1 aromatic rings. The van der Waals surface area contributed by atoms with Crippen LogP contribution in [0.2, 0.25) is 0 Å². The average molecular weight is 526 g/mol. The highest BCUT2D eigenvalue weighted by molar-refractivity contribution is 5.75. The molecule has 11 heteroatoms. The predicted molar refractivity (Wildman–Crippen MR) is 134 cm³/mol. The van der Waals surface area contributed by atoms with Crippen molar-refractivity contribution in [2.45, 2.75) is 78.9 Å². The Bertz CT molecular complexity index is 917. The molecule has 0 aliphatic heterocycles. The molecule has 0 spiro atoms. The Morgan fingerprint density at radius 1 is 0.892 bits per heavy atom. The Hall–Kier alpha value is -3.34. The van der Waals surface area contributed by atoms with E-state index in [1.54, 1.807) is 20.8 Å². The molecule has 208 valence electrons. The van der Waals surface area contributed by atoms with Gasteiger partial charge in [-0.05, 0) is 49.8 Å². The van der Waals surface area contributed by atoms with Crippen molar-refractivity contribution in [2.75, 3.05) is 13.2 Å². The van der Waals surface area contributed by atoms with Gasteiger partial charge in [0.05, 0.1) is 25.2 Å². The topological polar surface area (TPSA) is 161 Å². The number of hydrogen-bond acceptors (Lipinski definition) is 10. The van der Waals surface area contributed by atoms with Gasteiger partial charge in [-0.2, -0.15) is 0 Å². The molecule has 0 fully saturated rings. The molecule has 1 rings (SSSR count). The molecule has 0 bridgehead atoms. The first-order valence-corrected chi connectivity index (χ1v) is 12.4. The minimum absolute atomic E-state index is 0.0699. The van der Waals surface area contributed by atoms with Crippen LogP contribution < -0.4 is 15.2 Å². The van der Waals surface area contributed by atoms with Crippen molar-refractivity contribution in [1.29, 1.82) is 0 Å². The number of rotatable bonds is 14. The molecule has 0 saturated heterocycles. The van der Waals surface area contributed by atoms with Gasteiger partial charge in [-0.3, -0.25) is 9.59 Å². The number of esters is 1. The van der Waals surface area contributed by atoms with Gasteiger partial charge >= 0.3 is 24.2 Å². The zero-order valence-electron chi connectivity index (χ0n) is 22.4. The van der Waals surface area contributed by atoms with Crippen LogP contribution >= 0.6 is 0 Å². The number of carboxylic acid groups (broad SMARTS) is 1. The molecule has 1 aromatic carbocycles. The molecule has 0 aromatic heterocycles. The van der Waals surface area contributed by atoms with Crippen molar-refractivity contribution in [3.63, 3.8) is 0 Å². The summed E-state index contributed by atoms with van der Waals surface area (Å²) in [6.07, 6.45) is -1.49. The van der Waals surface area contributed by atoms with Crippen LogP contribution in [-0.4, -0.2) is 54.7 Å². The van der Waals surface area contributed by atoms with Crippen LogP contribution in [0.15, 0.2) is 18.2 Å². The smallest absolute Gasteiger partial charge is 0.480 e. The summed E-state index contributed by atoms with van der Waals surface area (Å²) in [5.41, 5.74) is 6.36. The van der Waals surface area contributed by atoms with E-state index in [1.807, 2.05) is 20.8 Å². The molecule has 0 heterocycles. The van der Waals surface area contributed by atoms with Crippen molar-refractivity contribution < 1.29 is 48.0 Å². The fourth-order valence-electron chi connectivity index (χ4n) is 3.17. The fraction of sp³-hybridized carbons (Fsp3) is 0.615. The molecule has 3 unspecified atom stereocenters. The van der Waals surface area contributed by atoms with Gasteiger partial charge in [0, 0.05) is 5.92 Å². The molecular weight excluding hydrogens is 486 g/mol. The van der Waals surface area contributed by atoms with E-state index >= 15 is 0 Å². The van der Waals surface area contributed by atoms with Crippen molar-refractivity contribution in [1.82, 2.24) is 0 Å². The van der Waals surface area contributed by atoms with E-state index < -0.39 is 42.3 Å². The lowest BCUT2D eigenvalue weighted by Gasteiger charge is -2.26. The van der Waals surface area contributed by atoms with E-state index in [4.69, 9.17) is 29.4 Å². The number of nitrogens with two attached hydrogens (primary N) is 1. The van der Waals surface area contributed by atoms with Crippen molar-refractivity contribution in [3.8, 4) is 11.5 Å². The first-order chi connectivity index (χ1) is 17.4. The van der Waals surface area contributed by atoms with Crippen molar-refractivity contribution in [2.24, 2.45) is 17.6 Å². The number of benzene rings is 1. The van der Waals surface area contributed by atoms with Crippen LogP contribution in [0.1, 0.15) is 72.3 Å².